The Kier molecular flexibility index (Phi) is 3.79. The molecule has 0 atom stereocenters. The largest absolute Gasteiger partial charge is 0.349 e. The zero-order valence-corrected chi connectivity index (χ0v) is 10.5. The highest BCUT2D eigenvalue weighted by atomic mass is 16.1. The first-order chi connectivity index (χ1) is 8.16. The molecule has 1 aromatic rings. The summed E-state index contributed by atoms with van der Waals surface area (Å²) in [4.78, 5) is 12.2. The van der Waals surface area contributed by atoms with Crippen molar-refractivity contribution in [2.24, 2.45) is 0 Å². The molecular weight excluding hydrogens is 212 g/mol. The Hall–Kier alpha value is -1.35. The van der Waals surface area contributed by atoms with Gasteiger partial charge in [0.2, 0.25) is 0 Å². The van der Waals surface area contributed by atoms with Crippen LogP contribution < -0.4 is 10.6 Å². The second-order valence-electron chi connectivity index (χ2n) is 4.82. The Labute approximate surface area is 103 Å². The molecule has 0 aliphatic carbocycles. The van der Waals surface area contributed by atoms with Crippen molar-refractivity contribution in [3.8, 4) is 0 Å². The molecule has 1 aliphatic rings. The van der Waals surface area contributed by atoms with Gasteiger partial charge in [0, 0.05) is 11.6 Å². The quantitative estimate of drug-likeness (QED) is 0.816. The zero-order valence-electron chi connectivity index (χ0n) is 10.5. The predicted octanol–water partition coefficient (Wildman–Crippen LogP) is 1.79. The molecule has 1 aromatic carbocycles. The van der Waals surface area contributed by atoms with Crippen LogP contribution in [0, 0.1) is 13.8 Å². The average molecular weight is 232 g/mol. The van der Waals surface area contributed by atoms with Crippen LogP contribution in [0.3, 0.4) is 0 Å². The number of hydrogen-bond acceptors (Lipinski definition) is 2. The van der Waals surface area contributed by atoms with Gasteiger partial charge in [0.15, 0.2) is 0 Å². The number of aryl methyl sites for hydroxylation is 2. The maximum Gasteiger partial charge on any atom is 0.251 e. The van der Waals surface area contributed by atoms with Crippen molar-refractivity contribution < 1.29 is 4.79 Å². The van der Waals surface area contributed by atoms with E-state index < -0.39 is 0 Å². The fourth-order valence-corrected chi connectivity index (χ4v) is 2.21. The van der Waals surface area contributed by atoms with Crippen molar-refractivity contribution in [2.45, 2.75) is 32.7 Å². The lowest BCUT2D eigenvalue weighted by molar-refractivity contribution is 0.0929. The third-order valence-electron chi connectivity index (χ3n) is 3.31. The monoisotopic (exact) mass is 232 g/mol. The lowest BCUT2D eigenvalue weighted by atomic mass is 10.0. The first-order valence-corrected chi connectivity index (χ1v) is 6.25. The highest BCUT2D eigenvalue weighted by Gasteiger charge is 2.17. The van der Waals surface area contributed by atoms with E-state index in [9.17, 15) is 4.79 Å². The second kappa shape index (κ2) is 5.32. The van der Waals surface area contributed by atoms with Crippen LogP contribution in [-0.2, 0) is 0 Å². The van der Waals surface area contributed by atoms with E-state index in [2.05, 4.69) is 10.6 Å². The minimum atomic E-state index is 0.0677. The van der Waals surface area contributed by atoms with E-state index in [0.717, 1.165) is 42.6 Å². The summed E-state index contributed by atoms with van der Waals surface area (Å²) in [6.45, 7) is 5.99. The molecule has 0 bridgehead atoms. The molecule has 3 heteroatoms. The molecule has 0 spiro atoms. The Morgan fingerprint density at radius 3 is 2.71 bits per heavy atom. The highest BCUT2D eigenvalue weighted by molar-refractivity contribution is 5.96. The SMILES string of the molecule is Cc1ccc(C)c(C(=O)NC2CCNCC2)c1. The van der Waals surface area contributed by atoms with Crippen molar-refractivity contribution in [1.82, 2.24) is 10.6 Å². The van der Waals surface area contributed by atoms with Crippen molar-refractivity contribution in [2.75, 3.05) is 13.1 Å². The van der Waals surface area contributed by atoms with Crippen LogP contribution >= 0.6 is 0 Å². The third-order valence-corrected chi connectivity index (χ3v) is 3.31. The predicted molar refractivity (Wildman–Crippen MR) is 69.3 cm³/mol. The van der Waals surface area contributed by atoms with Gasteiger partial charge < -0.3 is 10.6 Å². The van der Waals surface area contributed by atoms with E-state index in [4.69, 9.17) is 0 Å². The summed E-state index contributed by atoms with van der Waals surface area (Å²) in [6, 6.07) is 6.33. The summed E-state index contributed by atoms with van der Waals surface area (Å²) >= 11 is 0. The summed E-state index contributed by atoms with van der Waals surface area (Å²) in [5, 5.41) is 6.42. The van der Waals surface area contributed by atoms with E-state index in [1.54, 1.807) is 0 Å². The molecule has 0 saturated carbocycles. The van der Waals surface area contributed by atoms with E-state index in [1.165, 1.54) is 0 Å². The normalized spacial score (nSPS) is 16.8. The van der Waals surface area contributed by atoms with Crippen LogP contribution in [0.25, 0.3) is 0 Å². The third kappa shape index (κ3) is 3.07. The summed E-state index contributed by atoms with van der Waals surface area (Å²) in [5.74, 6) is 0.0677. The Balaban J connectivity index is 2.05. The molecule has 1 aliphatic heterocycles. The molecule has 17 heavy (non-hydrogen) atoms. The molecular formula is C14H20N2O. The molecule has 1 fully saturated rings. The fraction of sp³-hybridized carbons (Fsp3) is 0.500. The fourth-order valence-electron chi connectivity index (χ4n) is 2.21. The van der Waals surface area contributed by atoms with E-state index in [1.807, 2.05) is 32.0 Å². The molecule has 0 unspecified atom stereocenters. The Bertz CT molecular complexity index is 409. The van der Waals surface area contributed by atoms with Gasteiger partial charge in [-0.25, -0.2) is 0 Å². The van der Waals surface area contributed by atoms with Crippen LogP contribution in [0.15, 0.2) is 18.2 Å². The van der Waals surface area contributed by atoms with Crippen LogP contribution in [0.5, 0.6) is 0 Å². The van der Waals surface area contributed by atoms with Crippen LogP contribution in [0.2, 0.25) is 0 Å². The number of carbonyl (C=O) groups excluding carboxylic acids is 1. The molecule has 3 nitrogen and oxygen atoms in total. The van der Waals surface area contributed by atoms with Gasteiger partial charge in [0.05, 0.1) is 0 Å². The van der Waals surface area contributed by atoms with Gasteiger partial charge in [0.25, 0.3) is 5.91 Å². The zero-order chi connectivity index (χ0) is 12.3. The first kappa shape index (κ1) is 12.1. The standard InChI is InChI=1S/C14H20N2O/c1-10-3-4-11(2)13(9-10)14(17)16-12-5-7-15-8-6-12/h3-4,9,12,15H,5-8H2,1-2H3,(H,16,17). The van der Waals surface area contributed by atoms with E-state index >= 15 is 0 Å². The summed E-state index contributed by atoms with van der Waals surface area (Å²) in [5.41, 5.74) is 2.98. The lowest BCUT2D eigenvalue weighted by Gasteiger charge is -2.24. The Morgan fingerprint density at radius 2 is 2.00 bits per heavy atom. The molecule has 92 valence electrons. The van der Waals surface area contributed by atoms with Crippen molar-refractivity contribution in [1.29, 1.82) is 0 Å². The maximum absolute atomic E-state index is 12.2. The van der Waals surface area contributed by atoms with Crippen LogP contribution in [0.1, 0.15) is 34.3 Å². The van der Waals surface area contributed by atoms with Gasteiger partial charge in [-0.05, 0) is 51.4 Å². The average Bonchev–Trinajstić information content (AvgIpc) is 2.33. The lowest BCUT2D eigenvalue weighted by Crippen LogP contribution is -2.42. The number of carbonyl (C=O) groups is 1. The molecule has 1 heterocycles. The minimum absolute atomic E-state index is 0.0677. The first-order valence-electron chi connectivity index (χ1n) is 6.25. The van der Waals surface area contributed by atoms with Gasteiger partial charge >= 0.3 is 0 Å². The molecule has 1 saturated heterocycles. The minimum Gasteiger partial charge on any atom is -0.349 e. The highest BCUT2D eigenvalue weighted by Crippen LogP contribution is 2.12. The number of piperidine rings is 1. The van der Waals surface area contributed by atoms with Gasteiger partial charge in [-0.2, -0.15) is 0 Å². The van der Waals surface area contributed by atoms with Crippen LogP contribution in [0.4, 0.5) is 0 Å². The number of hydrogen-bond donors (Lipinski definition) is 2. The number of rotatable bonds is 2. The number of amides is 1. The number of nitrogens with one attached hydrogen (secondary N) is 2. The molecule has 2 N–H and O–H groups in total. The molecule has 2 rings (SSSR count). The van der Waals surface area contributed by atoms with Crippen molar-refractivity contribution in [3.05, 3.63) is 34.9 Å². The summed E-state index contributed by atoms with van der Waals surface area (Å²) in [7, 11) is 0. The van der Waals surface area contributed by atoms with Crippen LogP contribution in [-0.4, -0.2) is 25.0 Å². The maximum atomic E-state index is 12.2. The summed E-state index contributed by atoms with van der Waals surface area (Å²) in [6.07, 6.45) is 2.05. The smallest absolute Gasteiger partial charge is 0.251 e. The topological polar surface area (TPSA) is 41.1 Å². The van der Waals surface area contributed by atoms with Gasteiger partial charge in [-0.15, -0.1) is 0 Å². The van der Waals surface area contributed by atoms with Gasteiger partial charge in [-0.3, -0.25) is 4.79 Å². The van der Waals surface area contributed by atoms with Crippen molar-refractivity contribution in [3.63, 3.8) is 0 Å². The Morgan fingerprint density at radius 1 is 1.29 bits per heavy atom. The van der Waals surface area contributed by atoms with E-state index in [-0.39, 0.29) is 5.91 Å². The van der Waals surface area contributed by atoms with Gasteiger partial charge in [0.1, 0.15) is 0 Å². The van der Waals surface area contributed by atoms with Gasteiger partial charge in [-0.1, -0.05) is 17.7 Å². The molecule has 0 radical (unpaired) electrons. The van der Waals surface area contributed by atoms with Crippen molar-refractivity contribution >= 4 is 5.91 Å². The number of benzene rings is 1. The molecule has 0 aromatic heterocycles. The second-order valence-corrected chi connectivity index (χ2v) is 4.82. The van der Waals surface area contributed by atoms with E-state index in [0.29, 0.717) is 6.04 Å². The summed E-state index contributed by atoms with van der Waals surface area (Å²) < 4.78 is 0. The molecule has 1 amide bonds.